The predicted octanol–water partition coefficient (Wildman–Crippen LogP) is 3.51. The maximum absolute atomic E-state index is 12.9. The fourth-order valence-corrected chi connectivity index (χ4v) is 3.10. The van der Waals surface area contributed by atoms with Gasteiger partial charge in [0.1, 0.15) is 5.82 Å². The first kappa shape index (κ1) is 16.4. The van der Waals surface area contributed by atoms with E-state index in [1.54, 1.807) is 6.07 Å². The van der Waals surface area contributed by atoms with Gasteiger partial charge in [-0.25, -0.2) is 4.39 Å². The number of hydrogen-bond donors (Lipinski definition) is 1. The predicted molar refractivity (Wildman–Crippen MR) is 84.4 cm³/mol. The van der Waals surface area contributed by atoms with Crippen molar-refractivity contribution >= 4 is 0 Å². The fraction of sp³-hybridized carbons (Fsp3) is 0.706. The molecular weight excluding hydrogens is 265 g/mol. The standard InChI is InChI=1S/C17H28FN3/c1-17(2)9-6-14(7-10-17)21(3)11-8-15(19)16-5-4-13(18)12-20-16/h4-5,12,14-15H,6-11,19H2,1-3H3. The minimum Gasteiger partial charge on any atom is -0.323 e. The highest BCUT2D eigenvalue weighted by molar-refractivity contribution is 5.09. The van der Waals surface area contributed by atoms with Crippen molar-refractivity contribution in [2.75, 3.05) is 13.6 Å². The number of halogens is 1. The highest BCUT2D eigenvalue weighted by Crippen LogP contribution is 2.36. The first-order valence-corrected chi connectivity index (χ1v) is 7.95. The normalized spacial score (nSPS) is 20.7. The molecule has 0 aromatic carbocycles. The molecule has 0 aliphatic heterocycles. The Kier molecular flexibility index (Phi) is 5.33. The lowest BCUT2D eigenvalue weighted by Crippen LogP contribution is -2.38. The molecule has 0 radical (unpaired) electrons. The van der Waals surface area contributed by atoms with E-state index >= 15 is 0 Å². The monoisotopic (exact) mass is 293 g/mol. The Morgan fingerprint density at radius 2 is 2.05 bits per heavy atom. The highest BCUT2D eigenvalue weighted by Gasteiger charge is 2.28. The summed E-state index contributed by atoms with van der Waals surface area (Å²) < 4.78 is 12.9. The lowest BCUT2D eigenvalue weighted by molar-refractivity contribution is 0.125. The third-order valence-electron chi connectivity index (χ3n) is 4.85. The second-order valence-electron chi connectivity index (χ2n) is 7.17. The van der Waals surface area contributed by atoms with E-state index in [9.17, 15) is 4.39 Å². The Balaban J connectivity index is 1.78. The number of aromatic nitrogens is 1. The van der Waals surface area contributed by atoms with Gasteiger partial charge >= 0.3 is 0 Å². The molecule has 1 atom stereocenters. The largest absolute Gasteiger partial charge is 0.323 e. The van der Waals surface area contributed by atoms with E-state index in [0.29, 0.717) is 11.5 Å². The van der Waals surface area contributed by atoms with Crippen molar-refractivity contribution < 1.29 is 4.39 Å². The molecule has 1 aromatic heterocycles. The molecule has 1 aliphatic rings. The summed E-state index contributed by atoms with van der Waals surface area (Å²) in [5.74, 6) is -0.312. The minimum atomic E-state index is -0.312. The molecule has 1 heterocycles. The molecule has 0 saturated heterocycles. The SMILES string of the molecule is CN(CCC(N)c1ccc(F)cn1)C1CCC(C)(C)CC1. The molecule has 1 saturated carbocycles. The van der Waals surface area contributed by atoms with E-state index in [4.69, 9.17) is 5.73 Å². The molecule has 0 bridgehead atoms. The average Bonchev–Trinajstić information content (AvgIpc) is 2.45. The van der Waals surface area contributed by atoms with Gasteiger partial charge in [0.25, 0.3) is 0 Å². The van der Waals surface area contributed by atoms with Crippen LogP contribution >= 0.6 is 0 Å². The first-order valence-electron chi connectivity index (χ1n) is 7.95. The third-order valence-corrected chi connectivity index (χ3v) is 4.85. The lowest BCUT2D eigenvalue weighted by atomic mass is 9.75. The number of pyridine rings is 1. The van der Waals surface area contributed by atoms with Crippen LogP contribution in [0.1, 0.15) is 57.7 Å². The fourth-order valence-electron chi connectivity index (χ4n) is 3.10. The number of nitrogens with zero attached hydrogens (tertiary/aromatic N) is 2. The van der Waals surface area contributed by atoms with Gasteiger partial charge in [-0.05, 0) is 63.2 Å². The van der Waals surface area contributed by atoms with Crippen LogP contribution < -0.4 is 5.73 Å². The number of hydrogen-bond acceptors (Lipinski definition) is 3. The van der Waals surface area contributed by atoms with Gasteiger partial charge in [0.15, 0.2) is 0 Å². The molecule has 0 amide bonds. The second kappa shape index (κ2) is 6.84. The van der Waals surface area contributed by atoms with Crippen molar-refractivity contribution in [2.24, 2.45) is 11.1 Å². The van der Waals surface area contributed by atoms with Crippen LogP contribution in [-0.4, -0.2) is 29.5 Å². The number of rotatable bonds is 5. The Labute approximate surface area is 127 Å². The molecule has 4 heteroatoms. The quantitative estimate of drug-likeness (QED) is 0.903. The summed E-state index contributed by atoms with van der Waals surface area (Å²) in [6.45, 7) is 5.68. The van der Waals surface area contributed by atoms with Crippen LogP contribution in [0.3, 0.4) is 0 Å². The van der Waals surface area contributed by atoms with Crippen LogP contribution in [0.2, 0.25) is 0 Å². The molecule has 0 spiro atoms. The summed E-state index contributed by atoms with van der Waals surface area (Å²) in [5.41, 5.74) is 7.43. The first-order chi connectivity index (χ1) is 9.87. The van der Waals surface area contributed by atoms with Crippen LogP contribution in [0, 0.1) is 11.2 Å². The van der Waals surface area contributed by atoms with Crippen molar-refractivity contribution in [3.63, 3.8) is 0 Å². The molecule has 2 N–H and O–H groups in total. The zero-order valence-corrected chi connectivity index (χ0v) is 13.5. The molecule has 2 rings (SSSR count). The van der Waals surface area contributed by atoms with E-state index in [1.165, 1.54) is 37.9 Å². The van der Waals surface area contributed by atoms with E-state index in [-0.39, 0.29) is 11.9 Å². The van der Waals surface area contributed by atoms with Gasteiger partial charge in [0, 0.05) is 12.1 Å². The minimum absolute atomic E-state index is 0.118. The molecule has 1 unspecified atom stereocenters. The zero-order valence-electron chi connectivity index (χ0n) is 13.5. The van der Waals surface area contributed by atoms with Gasteiger partial charge in [-0.2, -0.15) is 0 Å². The van der Waals surface area contributed by atoms with Crippen LogP contribution in [-0.2, 0) is 0 Å². The zero-order chi connectivity index (χ0) is 15.5. The van der Waals surface area contributed by atoms with Crippen LogP contribution in [0.4, 0.5) is 4.39 Å². The topological polar surface area (TPSA) is 42.1 Å². The van der Waals surface area contributed by atoms with Gasteiger partial charge in [0.05, 0.1) is 11.9 Å². The summed E-state index contributed by atoms with van der Waals surface area (Å²) in [6.07, 6.45) is 7.24. The summed E-state index contributed by atoms with van der Waals surface area (Å²) >= 11 is 0. The Morgan fingerprint density at radius 1 is 1.38 bits per heavy atom. The van der Waals surface area contributed by atoms with Gasteiger partial charge < -0.3 is 10.6 Å². The maximum Gasteiger partial charge on any atom is 0.141 e. The Hall–Kier alpha value is -1.00. The van der Waals surface area contributed by atoms with E-state index < -0.39 is 0 Å². The molecule has 1 aromatic rings. The maximum atomic E-state index is 12.9. The van der Waals surface area contributed by atoms with Crippen molar-refractivity contribution in [1.82, 2.24) is 9.88 Å². The molecule has 3 nitrogen and oxygen atoms in total. The van der Waals surface area contributed by atoms with Crippen LogP contribution in [0.5, 0.6) is 0 Å². The lowest BCUT2D eigenvalue weighted by Gasteiger charge is -2.38. The van der Waals surface area contributed by atoms with Gasteiger partial charge in [-0.3, -0.25) is 4.98 Å². The third kappa shape index (κ3) is 4.75. The van der Waals surface area contributed by atoms with Crippen molar-refractivity contribution in [3.8, 4) is 0 Å². The summed E-state index contributed by atoms with van der Waals surface area (Å²) in [5, 5.41) is 0. The smallest absolute Gasteiger partial charge is 0.141 e. The molecule has 1 fully saturated rings. The van der Waals surface area contributed by atoms with Gasteiger partial charge in [-0.15, -0.1) is 0 Å². The van der Waals surface area contributed by atoms with Crippen molar-refractivity contribution in [3.05, 3.63) is 29.8 Å². The van der Waals surface area contributed by atoms with Crippen LogP contribution in [0.15, 0.2) is 18.3 Å². The molecule has 118 valence electrons. The van der Waals surface area contributed by atoms with E-state index in [0.717, 1.165) is 18.7 Å². The number of nitrogens with two attached hydrogens (primary N) is 1. The van der Waals surface area contributed by atoms with Crippen molar-refractivity contribution in [2.45, 2.75) is 58.0 Å². The van der Waals surface area contributed by atoms with Crippen LogP contribution in [0.25, 0.3) is 0 Å². The molecule has 1 aliphatic carbocycles. The summed E-state index contributed by atoms with van der Waals surface area (Å²) in [7, 11) is 2.19. The second-order valence-corrected chi connectivity index (χ2v) is 7.17. The Bertz CT molecular complexity index is 434. The summed E-state index contributed by atoms with van der Waals surface area (Å²) in [6, 6.07) is 3.66. The molecule has 21 heavy (non-hydrogen) atoms. The highest BCUT2D eigenvalue weighted by atomic mass is 19.1. The average molecular weight is 293 g/mol. The molecular formula is C17H28FN3. The van der Waals surface area contributed by atoms with E-state index in [2.05, 4.69) is 30.8 Å². The van der Waals surface area contributed by atoms with Gasteiger partial charge in [-0.1, -0.05) is 13.8 Å². The van der Waals surface area contributed by atoms with E-state index in [1.807, 2.05) is 0 Å². The summed E-state index contributed by atoms with van der Waals surface area (Å²) in [4.78, 5) is 6.50. The van der Waals surface area contributed by atoms with Gasteiger partial charge in [0.2, 0.25) is 0 Å². The van der Waals surface area contributed by atoms with Crippen molar-refractivity contribution in [1.29, 1.82) is 0 Å². The Morgan fingerprint density at radius 3 is 2.62 bits per heavy atom.